The number of carbonyl (C=O) groups is 1. The van der Waals surface area contributed by atoms with Crippen molar-refractivity contribution in [1.29, 1.82) is 0 Å². The third-order valence-corrected chi connectivity index (χ3v) is 4.74. The molecule has 1 atom stereocenters. The first-order chi connectivity index (χ1) is 12.8. The van der Waals surface area contributed by atoms with Gasteiger partial charge in [-0.25, -0.2) is 0 Å². The molecule has 0 N–H and O–H groups in total. The summed E-state index contributed by atoms with van der Waals surface area (Å²) in [5.74, 6) is -0.607. The van der Waals surface area contributed by atoms with Gasteiger partial charge < -0.3 is 4.42 Å². The Labute approximate surface area is 152 Å². The van der Waals surface area contributed by atoms with Crippen LogP contribution in [-0.4, -0.2) is 21.1 Å². The summed E-state index contributed by atoms with van der Waals surface area (Å²) in [6.45, 7) is 4.16. The van der Waals surface area contributed by atoms with Crippen LogP contribution in [0.25, 0.3) is 11.3 Å². The molecule has 0 radical (unpaired) electrons. The molecular weight excluding hydrogens is 359 g/mol. The third kappa shape index (κ3) is 2.94. The lowest BCUT2D eigenvalue weighted by Gasteiger charge is -2.17. The fourth-order valence-corrected chi connectivity index (χ4v) is 3.47. The third-order valence-electron chi connectivity index (χ3n) is 4.74. The van der Waals surface area contributed by atoms with Crippen LogP contribution >= 0.6 is 0 Å². The van der Waals surface area contributed by atoms with Gasteiger partial charge in [0.2, 0.25) is 0 Å². The van der Waals surface area contributed by atoms with Crippen LogP contribution in [0, 0.1) is 6.92 Å². The smallest absolute Gasteiger partial charge is 0.420 e. The molecule has 3 aromatic heterocycles. The van der Waals surface area contributed by atoms with Gasteiger partial charge in [0.25, 0.3) is 0 Å². The Balaban J connectivity index is 1.82. The fraction of sp³-hybridized carbons (Fsp3) is 0.316. The van der Waals surface area contributed by atoms with Crippen molar-refractivity contribution < 1.29 is 22.4 Å². The Morgan fingerprint density at radius 1 is 1.37 bits per heavy atom. The maximum Gasteiger partial charge on any atom is 0.420 e. The summed E-state index contributed by atoms with van der Waals surface area (Å²) < 4.78 is 47.5. The van der Waals surface area contributed by atoms with Gasteiger partial charge in [-0.05, 0) is 24.5 Å². The molecule has 1 aliphatic carbocycles. The Bertz CT molecular complexity index is 1020. The van der Waals surface area contributed by atoms with Gasteiger partial charge in [0.1, 0.15) is 11.3 Å². The average Bonchev–Trinajstić information content (AvgIpc) is 3.17. The van der Waals surface area contributed by atoms with Crippen LogP contribution in [0.5, 0.6) is 0 Å². The Kier molecular flexibility index (Phi) is 3.94. The predicted molar refractivity (Wildman–Crippen MR) is 90.5 cm³/mol. The second kappa shape index (κ2) is 6.07. The number of aryl methyl sites for hydroxylation is 1. The number of nitrogens with zero attached hydrogens (tertiary/aromatic N) is 3. The van der Waals surface area contributed by atoms with Crippen molar-refractivity contribution in [1.82, 2.24) is 14.8 Å². The molecule has 0 saturated carbocycles. The van der Waals surface area contributed by atoms with Gasteiger partial charge in [-0.2, -0.15) is 18.3 Å². The molecule has 0 amide bonds. The van der Waals surface area contributed by atoms with Crippen molar-refractivity contribution >= 4 is 6.29 Å². The van der Waals surface area contributed by atoms with Gasteiger partial charge in [0.15, 0.2) is 12.0 Å². The number of pyridine rings is 1. The van der Waals surface area contributed by atoms with E-state index >= 15 is 0 Å². The zero-order valence-electron chi connectivity index (χ0n) is 14.7. The van der Waals surface area contributed by atoms with E-state index in [1.807, 2.05) is 26.0 Å². The largest absolute Gasteiger partial charge is 0.457 e. The number of aldehydes is 1. The first-order valence-electron chi connectivity index (χ1n) is 8.45. The number of fused-ring (bicyclic) bond motifs is 3. The van der Waals surface area contributed by atoms with E-state index in [-0.39, 0.29) is 35.6 Å². The summed E-state index contributed by atoms with van der Waals surface area (Å²) >= 11 is 0. The van der Waals surface area contributed by atoms with E-state index in [2.05, 4.69) is 10.1 Å². The van der Waals surface area contributed by atoms with Crippen molar-refractivity contribution in [3.8, 4) is 11.3 Å². The summed E-state index contributed by atoms with van der Waals surface area (Å²) in [7, 11) is 0. The molecule has 1 aliphatic rings. The normalized spacial score (nSPS) is 16.1. The molecule has 8 heteroatoms. The van der Waals surface area contributed by atoms with Gasteiger partial charge in [0, 0.05) is 24.4 Å². The zero-order valence-corrected chi connectivity index (χ0v) is 14.7. The van der Waals surface area contributed by atoms with Crippen molar-refractivity contribution in [2.75, 3.05) is 0 Å². The molecule has 0 saturated heterocycles. The minimum absolute atomic E-state index is 0.0704. The van der Waals surface area contributed by atoms with Crippen molar-refractivity contribution in [3.05, 3.63) is 58.4 Å². The number of furan rings is 1. The second-order valence-electron chi connectivity index (χ2n) is 6.82. The predicted octanol–water partition coefficient (Wildman–Crippen LogP) is 4.39. The lowest BCUT2D eigenvalue weighted by atomic mass is 9.86. The van der Waals surface area contributed by atoms with Crippen LogP contribution in [-0.2, 0) is 19.1 Å². The van der Waals surface area contributed by atoms with Gasteiger partial charge in [-0.3, -0.25) is 14.5 Å². The van der Waals surface area contributed by atoms with Crippen molar-refractivity contribution in [3.63, 3.8) is 0 Å². The van der Waals surface area contributed by atoms with E-state index in [9.17, 15) is 18.0 Å². The minimum Gasteiger partial charge on any atom is -0.457 e. The number of alkyl halides is 3. The average molecular weight is 375 g/mol. The van der Waals surface area contributed by atoms with Crippen LogP contribution in [0.4, 0.5) is 13.2 Å². The number of hydrogen-bond acceptors (Lipinski definition) is 4. The number of rotatable bonds is 3. The topological polar surface area (TPSA) is 60.9 Å². The summed E-state index contributed by atoms with van der Waals surface area (Å²) in [4.78, 5) is 15.4. The van der Waals surface area contributed by atoms with Gasteiger partial charge in [-0.15, -0.1) is 0 Å². The SMILES string of the molecule is Cc1ccc(Cn2cc3c(n2)-c2c(oc(C=O)c2C(F)(F)F)CC3C)nc1. The van der Waals surface area contributed by atoms with Gasteiger partial charge in [-0.1, -0.05) is 13.0 Å². The van der Waals surface area contributed by atoms with Crippen LogP contribution in [0.2, 0.25) is 0 Å². The molecule has 0 fully saturated rings. The maximum absolute atomic E-state index is 13.6. The van der Waals surface area contributed by atoms with Crippen LogP contribution in [0.15, 0.2) is 28.9 Å². The maximum atomic E-state index is 13.6. The molecule has 0 aliphatic heterocycles. The van der Waals surface area contributed by atoms with E-state index in [1.165, 1.54) is 0 Å². The molecule has 0 aromatic carbocycles. The number of halogens is 3. The fourth-order valence-electron chi connectivity index (χ4n) is 3.47. The summed E-state index contributed by atoms with van der Waals surface area (Å²) in [6.07, 6.45) is -0.828. The zero-order chi connectivity index (χ0) is 19.3. The van der Waals surface area contributed by atoms with E-state index in [1.54, 1.807) is 17.1 Å². The van der Waals surface area contributed by atoms with Crippen LogP contribution in [0.3, 0.4) is 0 Å². The Hall–Kier alpha value is -2.90. The number of hydrogen-bond donors (Lipinski definition) is 0. The van der Waals surface area contributed by atoms with Crippen molar-refractivity contribution in [2.24, 2.45) is 0 Å². The molecule has 0 bridgehead atoms. The highest BCUT2D eigenvalue weighted by atomic mass is 19.4. The van der Waals surface area contributed by atoms with E-state index in [0.717, 1.165) is 11.3 Å². The monoisotopic (exact) mass is 375 g/mol. The second-order valence-corrected chi connectivity index (χ2v) is 6.82. The summed E-state index contributed by atoms with van der Waals surface area (Å²) in [5, 5.41) is 4.38. The molecule has 0 spiro atoms. The van der Waals surface area contributed by atoms with Crippen LogP contribution < -0.4 is 0 Å². The molecule has 140 valence electrons. The van der Waals surface area contributed by atoms with Gasteiger partial charge in [0.05, 0.1) is 23.5 Å². The van der Waals surface area contributed by atoms with Crippen molar-refractivity contribution in [2.45, 2.75) is 38.9 Å². The van der Waals surface area contributed by atoms with E-state index in [0.29, 0.717) is 12.1 Å². The standard InChI is InChI=1S/C19H16F3N3O2/c1-10-3-4-12(23-6-10)7-25-8-13-11(2)5-14-16(18(13)24-25)17(19(20,21)22)15(9-26)27-14/h3-4,6,8-9,11H,5,7H2,1-2H3. The lowest BCUT2D eigenvalue weighted by Crippen LogP contribution is -2.12. The number of carbonyl (C=O) groups excluding carboxylic acids is 1. The molecule has 4 rings (SSSR count). The minimum atomic E-state index is -4.70. The molecular formula is C19H16F3N3O2. The molecule has 1 unspecified atom stereocenters. The first-order valence-corrected chi connectivity index (χ1v) is 8.45. The highest BCUT2D eigenvalue weighted by Crippen LogP contribution is 2.48. The highest BCUT2D eigenvalue weighted by molar-refractivity contribution is 5.83. The van der Waals surface area contributed by atoms with E-state index in [4.69, 9.17) is 4.42 Å². The molecule has 27 heavy (non-hydrogen) atoms. The highest BCUT2D eigenvalue weighted by Gasteiger charge is 2.44. The molecule has 3 heterocycles. The summed E-state index contributed by atoms with van der Waals surface area (Å²) in [5.41, 5.74) is 1.54. The van der Waals surface area contributed by atoms with E-state index < -0.39 is 17.5 Å². The molecule has 3 aromatic rings. The Morgan fingerprint density at radius 3 is 2.78 bits per heavy atom. The Morgan fingerprint density at radius 2 is 2.15 bits per heavy atom. The molecule has 5 nitrogen and oxygen atoms in total. The quantitative estimate of drug-likeness (QED) is 0.637. The number of aromatic nitrogens is 3. The first kappa shape index (κ1) is 17.5. The summed E-state index contributed by atoms with van der Waals surface area (Å²) in [6, 6.07) is 3.77. The lowest BCUT2D eigenvalue weighted by molar-refractivity contribution is -0.137. The van der Waals surface area contributed by atoms with Crippen LogP contribution in [0.1, 0.15) is 51.5 Å². The van der Waals surface area contributed by atoms with Gasteiger partial charge >= 0.3 is 6.18 Å².